The summed E-state index contributed by atoms with van der Waals surface area (Å²) in [5.41, 5.74) is 6.18. The first-order valence-corrected chi connectivity index (χ1v) is 10.6. The van der Waals surface area contributed by atoms with Crippen LogP contribution in [0, 0.1) is 6.92 Å². The lowest BCUT2D eigenvalue weighted by molar-refractivity contribution is 0.395. The smallest absolute Gasteiger partial charge is 0.127 e. The highest BCUT2D eigenvalue weighted by atomic mass is 16.5. The van der Waals surface area contributed by atoms with Crippen molar-refractivity contribution in [1.82, 2.24) is 0 Å². The first kappa shape index (κ1) is 20.2. The molecule has 0 N–H and O–H groups in total. The van der Waals surface area contributed by atoms with Gasteiger partial charge < -0.3 is 9.64 Å². The molecule has 0 spiro atoms. The second-order valence-corrected chi connectivity index (χ2v) is 8.96. The van der Waals surface area contributed by atoms with E-state index in [1.165, 1.54) is 16.8 Å². The van der Waals surface area contributed by atoms with E-state index in [-0.39, 0.29) is 5.54 Å². The van der Waals surface area contributed by atoms with E-state index in [1.54, 1.807) is 0 Å². The first-order chi connectivity index (χ1) is 14.3. The van der Waals surface area contributed by atoms with Gasteiger partial charge in [-0.2, -0.15) is 0 Å². The normalized spacial score (nSPS) is 17.8. The molecule has 0 bridgehead atoms. The monoisotopic (exact) mass is 398 g/mol. The summed E-state index contributed by atoms with van der Waals surface area (Å²) in [5.74, 6) is 2.19. The summed E-state index contributed by atoms with van der Waals surface area (Å²) < 4.78 is 5.90. The van der Waals surface area contributed by atoms with Gasteiger partial charge in [0.05, 0.1) is 5.69 Å². The molecule has 0 aliphatic carbocycles. The lowest BCUT2D eigenvalue weighted by Gasteiger charge is -2.45. The van der Waals surface area contributed by atoms with Crippen LogP contribution in [0.2, 0.25) is 0 Å². The number of aryl methyl sites for hydroxylation is 1. The van der Waals surface area contributed by atoms with Crippen LogP contribution in [0.15, 0.2) is 71.7 Å². The fourth-order valence-electron chi connectivity index (χ4n) is 4.17. The molecule has 0 radical (unpaired) electrons. The van der Waals surface area contributed by atoms with Gasteiger partial charge in [-0.3, -0.25) is 4.99 Å². The van der Waals surface area contributed by atoms with Gasteiger partial charge in [-0.05, 0) is 92.8 Å². The quantitative estimate of drug-likeness (QED) is 0.432. The minimum atomic E-state index is 0.185. The maximum atomic E-state index is 5.90. The number of rotatable bonds is 4. The molecule has 0 amide bonds. The lowest BCUT2D eigenvalue weighted by atomic mass is 9.80. The van der Waals surface area contributed by atoms with Crippen molar-refractivity contribution in [2.45, 2.75) is 45.6 Å². The molecule has 0 fully saturated rings. The molecule has 4 rings (SSSR count). The van der Waals surface area contributed by atoms with Gasteiger partial charge in [0.1, 0.15) is 11.5 Å². The second-order valence-electron chi connectivity index (χ2n) is 8.96. The van der Waals surface area contributed by atoms with E-state index >= 15 is 0 Å². The number of hydrogen-bond donors (Lipinski definition) is 0. The molecule has 0 aromatic heterocycles. The standard InChI is InChI=1S/C27H30N2O/c1-19-6-11-23(12-7-19)30-24-13-9-22(10-14-24)28-18-21-8-15-26-25(16-21)20(2)17-27(3,4)29(26)5/h6-16,18,20H,17H2,1-5H3. The van der Waals surface area contributed by atoms with Gasteiger partial charge in [-0.1, -0.05) is 30.7 Å². The Morgan fingerprint density at radius 1 is 0.967 bits per heavy atom. The Balaban J connectivity index is 1.48. The van der Waals surface area contributed by atoms with E-state index < -0.39 is 0 Å². The molecule has 30 heavy (non-hydrogen) atoms. The minimum Gasteiger partial charge on any atom is -0.457 e. The molecule has 3 heteroatoms. The Bertz CT molecular complexity index is 1050. The van der Waals surface area contributed by atoms with E-state index in [0.717, 1.165) is 29.2 Å². The Hall–Kier alpha value is -3.07. The number of ether oxygens (including phenoxy) is 1. The molecule has 3 nitrogen and oxygen atoms in total. The van der Waals surface area contributed by atoms with Crippen LogP contribution in [0.1, 0.15) is 49.8 Å². The molecule has 1 unspecified atom stereocenters. The Labute approximate surface area is 180 Å². The van der Waals surface area contributed by atoms with Crippen LogP contribution >= 0.6 is 0 Å². The van der Waals surface area contributed by atoms with E-state index in [2.05, 4.69) is 62.8 Å². The third-order valence-electron chi connectivity index (χ3n) is 6.11. The summed E-state index contributed by atoms with van der Waals surface area (Å²) >= 11 is 0. The average molecular weight is 399 g/mol. The van der Waals surface area contributed by atoms with Crippen LogP contribution in [0.3, 0.4) is 0 Å². The molecular weight excluding hydrogens is 368 g/mol. The van der Waals surface area contributed by atoms with Gasteiger partial charge in [0.2, 0.25) is 0 Å². The number of nitrogens with zero attached hydrogens (tertiary/aromatic N) is 2. The van der Waals surface area contributed by atoms with Crippen LogP contribution in [-0.2, 0) is 0 Å². The van der Waals surface area contributed by atoms with E-state index in [4.69, 9.17) is 4.74 Å². The minimum absolute atomic E-state index is 0.185. The first-order valence-electron chi connectivity index (χ1n) is 10.6. The second kappa shape index (κ2) is 7.98. The summed E-state index contributed by atoms with van der Waals surface area (Å²) in [6, 6.07) is 22.6. The Morgan fingerprint density at radius 3 is 2.27 bits per heavy atom. The number of anilines is 1. The van der Waals surface area contributed by atoms with Gasteiger partial charge in [0.15, 0.2) is 0 Å². The van der Waals surface area contributed by atoms with Crippen molar-refractivity contribution in [2.75, 3.05) is 11.9 Å². The number of fused-ring (bicyclic) bond motifs is 1. The molecule has 0 saturated carbocycles. The third kappa shape index (κ3) is 4.25. The topological polar surface area (TPSA) is 24.8 Å². The highest BCUT2D eigenvalue weighted by Crippen LogP contribution is 2.42. The Kier molecular flexibility index (Phi) is 5.38. The molecule has 1 aliphatic rings. The van der Waals surface area contributed by atoms with Crippen molar-refractivity contribution < 1.29 is 4.74 Å². The predicted octanol–water partition coefficient (Wildman–Crippen LogP) is 7.26. The molecule has 1 aliphatic heterocycles. The van der Waals surface area contributed by atoms with Crippen molar-refractivity contribution in [3.05, 3.63) is 83.4 Å². The fourth-order valence-corrected chi connectivity index (χ4v) is 4.17. The number of benzene rings is 3. The van der Waals surface area contributed by atoms with Crippen LogP contribution < -0.4 is 9.64 Å². The largest absolute Gasteiger partial charge is 0.457 e. The zero-order valence-corrected chi connectivity index (χ0v) is 18.5. The Morgan fingerprint density at radius 2 is 1.60 bits per heavy atom. The lowest BCUT2D eigenvalue weighted by Crippen LogP contribution is -2.45. The van der Waals surface area contributed by atoms with Crippen molar-refractivity contribution in [3.8, 4) is 11.5 Å². The van der Waals surface area contributed by atoms with Crippen molar-refractivity contribution in [2.24, 2.45) is 4.99 Å². The highest BCUT2D eigenvalue weighted by Gasteiger charge is 2.33. The van der Waals surface area contributed by atoms with Crippen molar-refractivity contribution >= 4 is 17.6 Å². The fraction of sp³-hybridized carbons (Fsp3) is 0.296. The van der Waals surface area contributed by atoms with E-state index in [1.807, 2.05) is 54.7 Å². The van der Waals surface area contributed by atoms with Gasteiger partial charge in [-0.25, -0.2) is 0 Å². The highest BCUT2D eigenvalue weighted by molar-refractivity contribution is 5.83. The van der Waals surface area contributed by atoms with Crippen LogP contribution in [0.4, 0.5) is 11.4 Å². The summed E-state index contributed by atoms with van der Waals surface area (Å²) in [7, 11) is 2.19. The summed E-state index contributed by atoms with van der Waals surface area (Å²) in [4.78, 5) is 7.06. The van der Waals surface area contributed by atoms with Crippen LogP contribution in [0.5, 0.6) is 11.5 Å². The number of hydrogen-bond acceptors (Lipinski definition) is 3. The predicted molar refractivity (Wildman–Crippen MR) is 127 cm³/mol. The third-order valence-corrected chi connectivity index (χ3v) is 6.11. The van der Waals surface area contributed by atoms with Crippen molar-refractivity contribution in [3.63, 3.8) is 0 Å². The summed E-state index contributed by atoms with van der Waals surface area (Å²) in [6.07, 6.45) is 3.10. The average Bonchev–Trinajstić information content (AvgIpc) is 2.73. The zero-order chi connectivity index (χ0) is 21.3. The molecule has 3 aromatic rings. The van der Waals surface area contributed by atoms with Crippen LogP contribution in [0.25, 0.3) is 0 Å². The SMILES string of the molecule is Cc1ccc(Oc2ccc(N=Cc3ccc4c(c3)C(C)CC(C)(C)N4C)cc2)cc1. The number of aliphatic imine (C=N–C) groups is 1. The van der Waals surface area contributed by atoms with Crippen LogP contribution in [-0.4, -0.2) is 18.8 Å². The van der Waals surface area contributed by atoms with Gasteiger partial charge in [0, 0.05) is 24.5 Å². The van der Waals surface area contributed by atoms with E-state index in [9.17, 15) is 0 Å². The summed E-state index contributed by atoms with van der Waals surface area (Å²) in [6.45, 7) is 9.02. The van der Waals surface area contributed by atoms with Gasteiger partial charge in [0.25, 0.3) is 0 Å². The van der Waals surface area contributed by atoms with Gasteiger partial charge >= 0.3 is 0 Å². The summed E-state index contributed by atoms with van der Waals surface area (Å²) in [5, 5.41) is 0. The molecule has 3 aromatic carbocycles. The molecule has 0 saturated heterocycles. The molecule has 154 valence electrons. The maximum absolute atomic E-state index is 5.90. The van der Waals surface area contributed by atoms with Gasteiger partial charge in [-0.15, -0.1) is 0 Å². The molecule has 1 heterocycles. The van der Waals surface area contributed by atoms with E-state index in [0.29, 0.717) is 5.92 Å². The maximum Gasteiger partial charge on any atom is 0.127 e. The molecular formula is C27H30N2O. The zero-order valence-electron chi connectivity index (χ0n) is 18.5. The van der Waals surface area contributed by atoms with Crippen molar-refractivity contribution in [1.29, 1.82) is 0 Å². The molecule has 1 atom stereocenters.